The highest BCUT2D eigenvalue weighted by molar-refractivity contribution is 8.26. The Morgan fingerprint density at radius 2 is 1.83 bits per heavy atom. The van der Waals surface area contributed by atoms with Crippen LogP contribution in [-0.2, 0) is 19.4 Å². The molecule has 3 fully saturated rings. The minimum Gasteiger partial charge on any atom is -0.420 e. The number of nitrogens with zero attached hydrogens (tertiary/aromatic N) is 3. The Hall–Kier alpha value is -2.21. The van der Waals surface area contributed by atoms with Gasteiger partial charge in [-0.2, -0.15) is 4.98 Å². The number of aryl methyl sites for hydroxylation is 2. The first-order chi connectivity index (χ1) is 17.3. The van der Waals surface area contributed by atoms with Gasteiger partial charge in [0.05, 0.1) is 23.0 Å². The van der Waals surface area contributed by atoms with Crippen LogP contribution in [0.5, 0.6) is 0 Å². The molecular formula is C25H29N3O5S3. The highest BCUT2D eigenvalue weighted by atomic mass is 32.2. The monoisotopic (exact) mass is 547 g/mol. The van der Waals surface area contributed by atoms with Crippen molar-refractivity contribution in [2.24, 2.45) is 0 Å². The Morgan fingerprint density at radius 1 is 1.11 bits per heavy atom. The van der Waals surface area contributed by atoms with Gasteiger partial charge in [-0.25, -0.2) is 8.42 Å². The molecule has 36 heavy (non-hydrogen) atoms. The SMILES string of the molecule is Cc1ccc(S(=O)(=O)c2nc(C=C3SC(=S)N(C4CCCCC4)C3=O)oc2N2CCOCC2)cc1C. The average Bonchev–Trinajstić information content (AvgIpc) is 3.43. The molecular weight excluding hydrogens is 518 g/mol. The van der Waals surface area contributed by atoms with Gasteiger partial charge in [0.15, 0.2) is 0 Å². The zero-order valence-electron chi connectivity index (χ0n) is 20.4. The molecule has 192 valence electrons. The van der Waals surface area contributed by atoms with E-state index in [0.29, 0.717) is 35.5 Å². The summed E-state index contributed by atoms with van der Waals surface area (Å²) in [5.74, 6) is 0.0789. The van der Waals surface area contributed by atoms with Crippen molar-refractivity contribution in [1.82, 2.24) is 9.88 Å². The van der Waals surface area contributed by atoms with Crippen molar-refractivity contribution in [1.29, 1.82) is 0 Å². The van der Waals surface area contributed by atoms with Crippen LogP contribution >= 0.6 is 24.0 Å². The number of amides is 1. The number of morpholine rings is 1. The maximum Gasteiger partial charge on any atom is 0.266 e. The number of ether oxygens (including phenoxy) is 1. The zero-order valence-corrected chi connectivity index (χ0v) is 22.8. The number of thioether (sulfide) groups is 1. The molecule has 1 amide bonds. The molecule has 1 aliphatic carbocycles. The van der Waals surface area contributed by atoms with Crippen LogP contribution in [0.15, 0.2) is 37.4 Å². The number of hydrogen-bond donors (Lipinski definition) is 0. The van der Waals surface area contributed by atoms with E-state index in [-0.39, 0.29) is 33.6 Å². The van der Waals surface area contributed by atoms with E-state index in [4.69, 9.17) is 21.4 Å². The lowest BCUT2D eigenvalue weighted by Gasteiger charge is -2.29. The van der Waals surface area contributed by atoms with Crippen molar-refractivity contribution in [2.45, 2.75) is 61.9 Å². The third-order valence-electron chi connectivity index (χ3n) is 6.96. The molecule has 2 aliphatic heterocycles. The molecule has 1 saturated carbocycles. The van der Waals surface area contributed by atoms with Crippen LogP contribution in [0.25, 0.3) is 6.08 Å². The van der Waals surface area contributed by atoms with Gasteiger partial charge in [0.1, 0.15) is 4.32 Å². The van der Waals surface area contributed by atoms with Crippen LogP contribution in [0, 0.1) is 13.8 Å². The molecule has 0 spiro atoms. The summed E-state index contributed by atoms with van der Waals surface area (Å²) < 4.78 is 39.4. The van der Waals surface area contributed by atoms with Crippen molar-refractivity contribution >= 4 is 56.0 Å². The van der Waals surface area contributed by atoms with E-state index in [1.165, 1.54) is 24.3 Å². The van der Waals surface area contributed by atoms with Crippen LogP contribution in [-0.4, -0.2) is 60.9 Å². The molecule has 3 heterocycles. The summed E-state index contributed by atoms with van der Waals surface area (Å²) in [5, 5.41) is -0.151. The van der Waals surface area contributed by atoms with E-state index in [2.05, 4.69) is 4.98 Å². The maximum absolute atomic E-state index is 13.7. The maximum atomic E-state index is 13.7. The number of carbonyl (C=O) groups is 1. The molecule has 1 aromatic carbocycles. The topological polar surface area (TPSA) is 93.0 Å². The molecule has 0 bridgehead atoms. The van der Waals surface area contributed by atoms with E-state index in [1.807, 2.05) is 18.7 Å². The van der Waals surface area contributed by atoms with Crippen molar-refractivity contribution in [3.63, 3.8) is 0 Å². The minimum atomic E-state index is -3.97. The molecule has 3 aliphatic rings. The van der Waals surface area contributed by atoms with Crippen molar-refractivity contribution < 1.29 is 22.4 Å². The molecule has 0 atom stereocenters. The van der Waals surface area contributed by atoms with Crippen LogP contribution in [0.3, 0.4) is 0 Å². The summed E-state index contributed by atoms with van der Waals surface area (Å²) in [6.07, 6.45) is 6.76. The molecule has 5 rings (SSSR count). The number of hydrogen-bond acceptors (Lipinski definition) is 9. The number of benzene rings is 1. The number of rotatable bonds is 5. The Labute approximate surface area is 221 Å². The number of aromatic nitrogens is 1. The van der Waals surface area contributed by atoms with Gasteiger partial charge in [0.25, 0.3) is 5.91 Å². The summed E-state index contributed by atoms with van der Waals surface area (Å²) in [4.78, 5) is 21.7. The molecule has 0 radical (unpaired) electrons. The minimum absolute atomic E-state index is 0.0723. The van der Waals surface area contributed by atoms with Gasteiger partial charge in [-0.05, 0) is 49.9 Å². The van der Waals surface area contributed by atoms with Crippen molar-refractivity contribution in [3.05, 3.63) is 40.1 Å². The average molecular weight is 548 g/mol. The number of oxazole rings is 1. The molecule has 2 saturated heterocycles. The van der Waals surface area contributed by atoms with Crippen molar-refractivity contribution in [3.8, 4) is 0 Å². The lowest BCUT2D eigenvalue weighted by atomic mass is 9.94. The number of anilines is 1. The summed E-state index contributed by atoms with van der Waals surface area (Å²) >= 11 is 6.74. The van der Waals surface area contributed by atoms with E-state index in [9.17, 15) is 13.2 Å². The second kappa shape index (κ2) is 10.3. The van der Waals surface area contributed by atoms with Gasteiger partial charge in [-0.3, -0.25) is 9.69 Å². The fraction of sp³-hybridized carbons (Fsp3) is 0.480. The Kier molecular flexibility index (Phi) is 7.26. The first-order valence-corrected chi connectivity index (χ1v) is 14.9. The largest absolute Gasteiger partial charge is 0.420 e. The number of carbonyl (C=O) groups excluding carboxylic acids is 1. The molecule has 1 aromatic heterocycles. The second-order valence-electron chi connectivity index (χ2n) is 9.35. The Morgan fingerprint density at radius 3 is 2.53 bits per heavy atom. The number of sulfone groups is 1. The van der Waals surface area contributed by atoms with Crippen LogP contribution in [0.1, 0.15) is 49.1 Å². The molecule has 0 N–H and O–H groups in total. The van der Waals surface area contributed by atoms with Crippen LogP contribution < -0.4 is 4.90 Å². The van der Waals surface area contributed by atoms with Gasteiger partial charge in [0, 0.05) is 25.2 Å². The third kappa shape index (κ3) is 4.85. The van der Waals surface area contributed by atoms with E-state index in [1.54, 1.807) is 23.1 Å². The highest BCUT2D eigenvalue weighted by Crippen LogP contribution is 2.39. The van der Waals surface area contributed by atoms with E-state index < -0.39 is 9.84 Å². The zero-order chi connectivity index (χ0) is 25.4. The third-order valence-corrected chi connectivity index (χ3v) is 9.94. The predicted octanol–water partition coefficient (Wildman–Crippen LogP) is 4.49. The highest BCUT2D eigenvalue weighted by Gasteiger charge is 2.38. The van der Waals surface area contributed by atoms with E-state index >= 15 is 0 Å². The first kappa shape index (κ1) is 25.4. The fourth-order valence-corrected chi connectivity index (χ4v) is 7.53. The molecule has 0 unspecified atom stereocenters. The summed E-state index contributed by atoms with van der Waals surface area (Å²) in [6.45, 7) is 5.68. The molecule has 11 heteroatoms. The van der Waals surface area contributed by atoms with Gasteiger partial charge < -0.3 is 14.1 Å². The predicted molar refractivity (Wildman–Crippen MR) is 143 cm³/mol. The van der Waals surface area contributed by atoms with Crippen LogP contribution in [0.4, 0.5) is 5.88 Å². The quantitative estimate of drug-likeness (QED) is 0.396. The van der Waals surface area contributed by atoms with Crippen LogP contribution in [0.2, 0.25) is 0 Å². The fourth-order valence-electron chi connectivity index (χ4n) is 4.76. The second-order valence-corrected chi connectivity index (χ2v) is 12.9. The number of thiocarbonyl (C=S) groups is 1. The molecule has 2 aromatic rings. The van der Waals surface area contributed by atoms with Gasteiger partial charge in [0.2, 0.25) is 26.6 Å². The van der Waals surface area contributed by atoms with Gasteiger partial charge >= 0.3 is 0 Å². The molecule has 8 nitrogen and oxygen atoms in total. The standard InChI is InChI=1S/C25H29N3O5S3/c1-16-8-9-19(14-17(16)2)36(30,31)22-24(27-10-12-32-13-11-27)33-21(26-22)15-20-23(29)28(25(34)35-20)18-6-4-3-5-7-18/h8-9,14-15,18H,3-7,10-13H2,1-2H3. The van der Waals surface area contributed by atoms with Gasteiger partial charge in [-0.15, -0.1) is 0 Å². The lowest BCUT2D eigenvalue weighted by Crippen LogP contribution is -2.39. The normalized spacial score (nSPS) is 21.1. The van der Waals surface area contributed by atoms with Crippen molar-refractivity contribution in [2.75, 3.05) is 31.2 Å². The smallest absolute Gasteiger partial charge is 0.266 e. The Bertz CT molecular complexity index is 1320. The summed E-state index contributed by atoms with van der Waals surface area (Å²) in [7, 11) is -3.97. The summed E-state index contributed by atoms with van der Waals surface area (Å²) in [6, 6.07) is 5.14. The Balaban J connectivity index is 1.52. The van der Waals surface area contributed by atoms with Gasteiger partial charge in [-0.1, -0.05) is 49.3 Å². The lowest BCUT2D eigenvalue weighted by molar-refractivity contribution is -0.124. The summed E-state index contributed by atoms with van der Waals surface area (Å²) in [5.41, 5.74) is 1.88. The first-order valence-electron chi connectivity index (χ1n) is 12.2. The van der Waals surface area contributed by atoms with E-state index in [0.717, 1.165) is 36.8 Å².